The molecule has 0 amide bonds. The maximum Gasteiger partial charge on any atom is 0.311 e. The molecule has 0 aromatic heterocycles. The molecule has 3 aromatic carbocycles. The van der Waals surface area contributed by atoms with Crippen molar-refractivity contribution in [1.82, 2.24) is 0 Å². The van der Waals surface area contributed by atoms with E-state index in [0.29, 0.717) is 15.6 Å². The fourth-order valence-corrected chi connectivity index (χ4v) is 2.92. The summed E-state index contributed by atoms with van der Waals surface area (Å²) < 4.78 is 0. The SMILES string of the molecule is O=[N+]([O-])c1cc(-c2cccc(Cl)c2-c2ccc(Cl)cc2)ccc1O. The summed E-state index contributed by atoms with van der Waals surface area (Å²) in [7, 11) is 0. The highest BCUT2D eigenvalue weighted by Crippen LogP contribution is 2.40. The van der Waals surface area contributed by atoms with Crippen molar-refractivity contribution in [2.24, 2.45) is 0 Å². The maximum atomic E-state index is 11.1. The van der Waals surface area contributed by atoms with Crippen molar-refractivity contribution < 1.29 is 10.0 Å². The molecule has 24 heavy (non-hydrogen) atoms. The second kappa shape index (κ2) is 6.51. The summed E-state index contributed by atoms with van der Waals surface area (Å²) in [6.07, 6.45) is 0. The van der Waals surface area contributed by atoms with Gasteiger partial charge in [-0.15, -0.1) is 0 Å². The molecule has 120 valence electrons. The average molecular weight is 360 g/mol. The number of nitro benzene ring substituents is 1. The number of phenols is 1. The van der Waals surface area contributed by atoms with Crippen LogP contribution >= 0.6 is 23.2 Å². The second-order valence-electron chi connectivity index (χ2n) is 5.13. The van der Waals surface area contributed by atoms with Gasteiger partial charge in [-0.05, 0) is 41.0 Å². The molecule has 1 N–H and O–H groups in total. The van der Waals surface area contributed by atoms with Crippen LogP contribution in [-0.2, 0) is 0 Å². The van der Waals surface area contributed by atoms with Crippen molar-refractivity contribution in [3.63, 3.8) is 0 Å². The molecule has 4 nitrogen and oxygen atoms in total. The van der Waals surface area contributed by atoms with Gasteiger partial charge in [-0.3, -0.25) is 10.1 Å². The Morgan fingerprint density at radius 3 is 2.25 bits per heavy atom. The van der Waals surface area contributed by atoms with Crippen LogP contribution in [0.4, 0.5) is 5.69 Å². The van der Waals surface area contributed by atoms with Gasteiger partial charge in [0, 0.05) is 21.7 Å². The van der Waals surface area contributed by atoms with Gasteiger partial charge in [0.15, 0.2) is 5.75 Å². The summed E-state index contributed by atoms with van der Waals surface area (Å²) in [5.74, 6) is -0.376. The molecule has 0 aliphatic heterocycles. The Labute approximate surface area is 148 Å². The molecular weight excluding hydrogens is 349 g/mol. The number of rotatable bonds is 3. The van der Waals surface area contributed by atoms with E-state index >= 15 is 0 Å². The van der Waals surface area contributed by atoms with Crippen LogP contribution in [0.15, 0.2) is 60.7 Å². The molecule has 0 spiro atoms. The van der Waals surface area contributed by atoms with E-state index in [1.807, 2.05) is 18.2 Å². The Kier molecular flexibility index (Phi) is 4.42. The lowest BCUT2D eigenvalue weighted by molar-refractivity contribution is -0.385. The van der Waals surface area contributed by atoms with E-state index in [4.69, 9.17) is 23.2 Å². The number of benzene rings is 3. The highest BCUT2D eigenvalue weighted by atomic mass is 35.5. The first kappa shape index (κ1) is 16.3. The topological polar surface area (TPSA) is 63.4 Å². The molecule has 3 rings (SSSR count). The molecule has 0 unspecified atom stereocenters. The van der Waals surface area contributed by atoms with E-state index in [9.17, 15) is 15.2 Å². The monoisotopic (exact) mass is 359 g/mol. The van der Waals surface area contributed by atoms with Gasteiger partial charge in [-0.1, -0.05) is 53.5 Å². The summed E-state index contributed by atoms with van der Waals surface area (Å²) in [6.45, 7) is 0. The number of nitro groups is 1. The fourth-order valence-electron chi connectivity index (χ4n) is 2.51. The number of hydrogen-bond donors (Lipinski definition) is 1. The lowest BCUT2D eigenvalue weighted by atomic mass is 9.94. The Morgan fingerprint density at radius 1 is 0.917 bits per heavy atom. The largest absolute Gasteiger partial charge is 0.502 e. The van der Waals surface area contributed by atoms with E-state index in [0.717, 1.165) is 16.7 Å². The van der Waals surface area contributed by atoms with Crippen molar-refractivity contribution in [2.75, 3.05) is 0 Å². The van der Waals surface area contributed by atoms with Gasteiger partial charge in [0.05, 0.1) is 4.92 Å². The lowest BCUT2D eigenvalue weighted by Gasteiger charge is -2.12. The van der Waals surface area contributed by atoms with Gasteiger partial charge in [0.25, 0.3) is 0 Å². The van der Waals surface area contributed by atoms with E-state index in [1.165, 1.54) is 12.1 Å². The van der Waals surface area contributed by atoms with Gasteiger partial charge in [-0.2, -0.15) is 0 Å². The molecular formula is C18H11Cl2NO3. The van der Waals surface area contributed by atoms with Crippen molar-refractivity contribution in [3.8, 4) is 28.0 Å². The van der Waals surface area contributed by atoms with Crippen LogP contribution < -0.4 is 0 Å². The summed E-state index contributed by atoms with van der Waals surface area (Å²) in [5, 5.41) is 21.8. The number of aromatic hydroxyl groups is 1. The van der Waals surface area contributed by atoms with Crippen molar-refractivity contribution in [3.05, 3.63) is 80.8 Å². The number of hydrogen-bond acceptors (Lipinski definition) is 3. The van der Waals surface area contributed by atoms with Crippen molar-refractivity contribution in [1.29, 1.82) is 0 Å². The maximum absolute atomic E-state index is 11.1. The van der Waals surface area contributed by atoms with E-state index in [2.05, 4.69) is 0 Å². The first-order valence-corrected chi connectivity index (χ1v) is 7.75. The molecule has 0 saturated heterocycles. The number of phenolic OH excluding ortho intramolecular Hbond substituents is 1. The van der Waals surface area contributed by atoms with Gasteiger partial charge >= 0.3 is 5.69 Å². The molecule has 3 aromatic rings. The van der Waals surface area contributed by atoms with Crippen LogP contribution in [0, 0.1) is 10.1 Å². The minimum Gasteiger partial charge on any atom is -0.502 e. The van der Waals surface area contributed by atoms with Crippen LogP contribution in [0.3, 0.4) is 0 Å². The zero-order valence-corrected chi connectivity index (χ0v) is 13.8. The molecule has 0 aliphatic rings. The Hall–Kier alpha value is -2.56. The molecule has 0 saturated carbocycles. The first-order valence-electron chi connectivity index (χ1n) is 6.99. The summed E-state index contributed by atoms with van der Waals surface area (Å²) in [4.78, 5) is 10.4. The third kappa shape index (κ3) is 3.07. The van der Waals surface area contributed by atoms with Crippen LogP contribution in [0.5, 0.6) is 5.75 Å². The summed E-state index contributed by atoms with van der Waals surface area (Å²) in [6, 6.07) is 16.8. The minimum atomic E-state index is -0.620. The predicted molar refractivity (Wildman–Crippen MR) is 95.7 cm³/mol. The quantitative estimate of drug-likeness (QED) is 0.464. The number of nitrogens with zero attached hydrogens (tertiary/aromatic N) is 1. The third-order valence-electron chi connectivity index (χ3n) is 3.63. The first-order chi connectivity index (χ1) is 11.5. The second-order valence-corrected chi connectivity index (χ2v) is 5.97. The highest BCUT2D eigenvalue weighted by molar-refractivity contribution is 6.34. The van der Waals surface area contributed by atoms with E-state index in [-0.39, 0.29) is 11.4 Å². The Balaban J connectivity index is 2.23. The van der Waals surface area contributed by atoms with Crippen molar-refractivity contribution >= 4 is 28.9 Å². The lowest BCUT2D eigenvalue weighted by Crippen LogP contribution is -1.91. The molecule has 0 bridgehead atoms. The van der Waals surface area contributed by atoms with Gasteiger partial charge < -0.3 is 5.11 Å². The molecule has 6 heteroatoms. The zero-order chi connectivity index (χ0) is 17.3. The van der Waals surface area contributed by atoms with E-state index in [1.54, 1.807) is 30.3 Å². The van der Waals surface area contributed by atoms with E-state index < -0.39 is 4.92 Å². The predicted octanol–water partition coefficient (Wildman–Crippen LogP) is 5.94. The molecule has 0 atom stereocenters. The minimum absolute atomic E-state index is 0.352. The molecule has 0 fully saturated rings. The van der Waals surface area contributed by atoms with Crippen LogP contribution in [0.2, 0.25) is 10.0 Å². The Bertz CT molecular complexity index is 924. The van der Waals surface area contributed by atoms with Gasteiger partial charge in [-0.25, -0.2) is 0 Å². The van der Waals surface area contributed by atoms with Crippen LogP contribution in [-0.4, -0.2) is 10.0 Å². The van der Waals surface area contributed by atoms with Gasteiger partial charge in [0.1, 0.15) is 0 Å². The summed E-state index contributed by atoms with van der Waals surface area (Å²) >= 11 is 12.3. The molecule has 0 heterocycles. The molecule has 0 aliphatic carbocycles. The average Bonchev–Trinajstić information content (AvgIpc) is 2.56. The van der Waals surface area contributed by atoms with Crippen LogP contribution in [0.1, 0.15) is 0 Å². The Morgan fingerprint density at radius 2 is 1.58 bits per heavy atom. The van der Waals surface area contributed by atoms with Crippen molar-refractivity contribution in [2.45, 2.75) is 0 Å². The smallest absolute Gasteiger partial charge is 0.311 e. The number of halogens is 2. The van der Waals surface area contributed by atoms with Crippen LogP contribution in [0.25, 0.3) is 22.3 Å². The normalized spacial score (nSPS) is 10.6. The standard InChI is InChI=1S/C18H11Cl2NO3/c19-13-7-4-11(5-8-13)18-14(2-1-3-15(18)20)12-6-9-17(22)16(10-12)21(23)24/h1-10,22H. The third-order valence-corrected chi connectivity index (χ3v) is 4.20. The molecule has 0 radical (unpaired) electrons. The van der Waals surface area contributed by atoms with Gasteiger partial charge in [0.2, 0.25) is 0 Å². The zero-order valence-electron chi connectivity index (χ0n) is 12.2. The fraction of sp³-hybridized carbons (Fsp3) is 0. The summed E-state index contributed by atoms with van der Waals surface area (Å²) in [5.41, 5.74) is 2.56. The highest BCUT2D eigenvalue weighted by Gasteiger charge is 2.17.